The molecule has 0 atom stereocenters. The van der Waals surface area contributed by atoms with Crippen molar-refractivity contribution in [2.45, 2.75) is 0 Å². The van der Waals surface area contributed by atoms with Crippen LogP contribution in [0.3, 0.4) is 0 Å². The molecular formula is C12H22N6O3. The number of carbonyl (C=O) groups excluding carboxylic acids is 1. The van der Waals surface area contributed by atoms with Gasteiger partial charge in [0.15, 0.2) is 0 Å². The molecule has 9 nitrogen and oxygen atoms in total. The molecule has 0 spiro atoms. The molecule has 0 saturated carbocycles. The van der Waals surface area contributed by atoms with Crippen LogP contribution in [0.15, 0.2) is 6.07 Å². The molecule has 1 aromatic heterocycles. The van der Waals surface area contributed by atoms with E-state index in [2.05, 4.69) is 20.6 Å². The molecule has 1 aromatic rings. The maximum absolute atomic E-state index is 11.3. The number of aliphatic hydroxyl groups excluding tert-OH is 1. The van der Waals surface area contributed by atoms with E-state index in [1.165, 1.54) is 6.07 Å². The van der Waals surface area contributed by atoms with E-state index in [1.54, 1.807) is 19.1 Å². The number of methoxy groups -OCH3 is 1. The predicted molar refractivity (Wildman–Crippen MR) is 79.3 cm³/mol. The number of rotatable bonds is 10. The standard InChI is InChI=1S/C12H22N6O3/c1-18(5-6-21-2)12-16-9(11(13)20)7-10(17-12)15-4-3-14-8-19/h7,14,19H,3-6,8H2,1-2H3,(H2,13,20)(H,15,16,17). The van der Waals surface area contributed by atoms with Crippen LogP contribution in [0.5, 0.6) is 0 Å². The highest BCUT2D eigenvalue weighted by atomic mass is 16.5. The normalized spacial score (nSPS) is 10.4. The lowest BCUT2D eigenvalue weighted by molar-refractivity contribution is 0.0995. The van der Waals surface area contributed by atoms with E-state index in [9.17, 15) is 4.79 Å². The van der Waals surface area contributed by atoms with Crippen molar-refractivity contribution in [2.24, 2.45) is 5.73 Å². The van der Waals surface area contributed by atoms with Crippen LogP contribution in [-0.2, 0) is 4.74 Å². The number of aromatic nitrogens is 2. The number of aliphatic hydroxyl groups is 1. The van der Waals surface area contributed by atoms with Gasteiger partial charge in [0.2, 0.25) is 5.95 Å². The SMILES string of the molecule is COCCN(C)c1nc(NCCNCO)cc(C(N)=O)n1. The Balaban J connectivity index is 2.81. The number of nitrogens with two attached hydrogens (primary N) is 1. The van der Waals surface area contributed by atoms with Crippen LogP contribution < -0.4 is 21.3 Å². The van der Waals surface area contributed by atoms with Gasteiger partial charge in [-0.1, -0.05) is 0 Å². The fraction of sp³-hybridized carbons (Fsp3) is 0.583. The van der Waals surface area contributed by atoms with E-state index in [1.807, 2.05) is 0 Å². The van der Waals surface area contributed by atoms with Crippen molar-refractivity contribution in [3.05, 3.63) is 11.8 Å². The molecule has 5 N–H and O–H groups in total. The predicted octanol–water partition coefficient (Wildman–Crippen LogP) is -1.39. The Morgan fingerprint density at radius 3 is 2.86 bits per heavy atom. The van der Waals surface area contributed by atoms with Gasteiger partial charge in [0.25, 0.3) is 5.91 Å². The Hall–Kier alpha value is -1.97. The molecule has 0 bridgehead atoms. The molecule has 118 valence electrons. The summed E-state index contributed by atoms with van der Waals surface area (Å²) in [6, 6.07) is 1.49. The van der Waals surface area contributed by atoms with Crippen molar-refractivity contribution in [2.75, 3.05) is 57.3 Å². The first-order valence-electron chi connectivity index (χ1n) is 6.53. The third-order valence-electron chi connectivity index (χ3n) is 2.66. The molecule has 0 aliphatic heterocycles. The van der Waals surface area contributed by atoms with Gasteiger partial charge >= 0.3 is 0 Å². The number of amides is 1. The summed E-state index contributed by atoms with van der Waals surface area (Å²) in [5.41, 5.74) is 5.42. The second kappa shape index (κ2) is 9.06. The van der Waals surface area contributed by atoms with Gasteiger partial charge in [0, 0.05) is 39.9 Å². The minimum Gasteiger partial charge on any atom is -0.383 e. The van der Waals surface area contributed by atoms with E-state index >= 15 is 0 Å². The molecule has 21 heavy (non-hydrogen) atoms. The third-order valence-corrected chi connectivity index (χ3v) is 2.66. The van der Waals surface area contributed by atoms with Crippen molar-refractivity contribution >= 4 is 17.7 Å². The average Bonchev–Trinajstić information content (AvgIpc) is 2.48. The summed E-state index contributed by atoms with van der Waals surface area (Å²) >= 11 is 0. The molecule has 0 radical (unpaired) electrons. The smallest absolute Gasteiger partial charge is 0.267 e. The second-order valence-corrected chi connectivity index (χ2v) is 4.30. The Morgan fingerprint density at radius 2 is 2.24 bits per heavy atom. The molecule has 0 aliphatic carbocycles. The summed E-state index contributed by atoms with van der Waals surface area (Å²) in [5.74, 6) is 0.272. The molecule has 1 amide bonds. The van der Waals surface area contributed by atoms with Crippen LogP contribution in [0.2, 0.25) is 0 Å². The molecule has 0 unspecified atom stereocenters. The lowest BCUT2D eigenvalue weighted by Gasteiger charge is -2.18. The topological polar surface area (TPSA) is 126 Å². The van der Waals surface area contributed by atoms with Crippen LogP contribution in [0.25, 0.3) is 0 Å². The van der Waals surface area contributed by atoms with Gasteiger partial charge in [0.1, 0.15) is 11.5 Å². The van der Waals surface area contributed by atoms with Crippen LogP contribution in [0.4, 0.5) is 11.8 Å². The summed E-state index contributed by atoms with van der Waals surface area (Å²) in [6.07, 6.45) is 0. The van der Waals surface area contributed by atoms with Gasteiger partial charge in [0.05, 0.1) is 13.3 Å². The zero-order chi connectivity index (χ0) is 15.7. The van der Waals surface area contributed by atoms with Crippen LogP contribution in [0, 0.1) is 0 Å². The van der Waals surface area contributed by atoms with E-state index in [0.717, 1.165) is 0 Å². The van der Waals surface area contributed by atoms with E-state index in [0.29, 0.717) is 38.0 Å². The highest BCUT2D eigenvalue weighted by Crippen LogP contribution is 2.12. The van der Waals surface area contributed by atoms with Crippen molar-refractivity contribution in [3.8, 4) is 0 Å². The van der Waals surface area contributed by atoms with Gasteiger partial charge in [-0.25, -0.2) is 4.98 Å². The largest absolute Gasteiger partial charge is 0.383 e. The minimum atomic E-state index is -0.615. The number of hydrogen-bond acceptors (Lipinski definition) is 8. The van der Waals surface area contributed by atoms with Gasteiger partial charge < -0.3 is 25.8 Å². The van der Waals surface area contributed by atoms with Crippen molar-refractivity contribution in [1.82, 2.24) is 15.3 Å². The Kier molecular flexibility index (Phi) is 7.37. The second-order valence-electron chi connectivity index (χ2n) is 4.30. The quantitative estimate of drug-likeness (QED) is 0.307. The molecular weight excluding hydrogens is 276 g/mol. The number of nitrogens with one attached hydrogen (secondary N) is 2. The first kappa shape index (κ1) is 17.1. The number of anilines is 2. The zero-order valence-corrected chi connectivity index (χ0v) is 12.3. The highest BCUT2D eigenvalue weighted by molar-refractivity contribution is 5.91. The first-order valence-corrected chi connectivity index (χ1v) is 6.53. The van der Waals surface area contributed by atoms with Crippen LogP contribution in [0.1, 0.15) is 10.5 Å². The van der Waals surface area contributed by atoms with Gasteiger partial charge in [-0.2, -0.15) is 4.98 Å². The lowest BCUT2D eigenvalue weighted by Crippen LogP contribution is -2.27. The number of nitrogens with zero attached hydrogens (tertiary/aromatic N) is 3. The number of ether oxygens (including phenoxy) is 1. The summed E-state index contributed by atoms with van der Waals surface area (Å²) in [5, 5.41) is 14.4. The molecule has 9 heteroatoms. The number of likely N-dealkylation sites (N-methyl/N-ethyl adjacent to an activating group) is 1. The molecule has 0 aliphatic rings. The number of hydrogen-bond donors (Lipinski definition) is 4. The van der Waals surface area contributed by atoms with Crippen molar-refractivity contribution in [1.29, 1.82) is 0 Å². The van der Waals surface area contributed by atoms with E-state index < -0.39 is 5.91 Å². The molecule has 0 fully saturated rings. The molecule has 0 aromatic carbocycles. The maximum Gasteiger partial charge on any atom is 0.267 e. The van der Waals surface area contributed by atoms with Gasteiger partial charge in [-0.05, 0) is 0 Å². The Bertz CT molecular complexity index is 457. The van der Waals surface area contributed by atoms with E-state index in [4.69, 9.17) is 15.6 Å². The van der Waals surface area contributed by atoms with Crippen molar-refractivity contribution in [3.63, 3.8) is 0 Å². The highest BCUT2D eigenvalue weighted by Gasteiger charge is 2.11. The van der Waals surface area contributed by atoms with Crippen LogP contribution >= 0.6 is 0 Å². The summed E-state index contributed by atoms with van der Waals surface area (Å²) in [6.45, 7) is 2.11. The maximum atomic E-state index is 11.3. The molecule has 1 heterocycles. The average molecular weight is 298 g/mol. The number of carbonyl (C=O) groups is 1. The van der Waals surface area contributed by atoms with Crippen LogP contribution in [-0.4, -0.2) is 68.1 Å². The fourth-order valence-corrected chi connectivity index (χ4v) is 1.51. The first-order chi connectivity index (χ1) is 10.1. The molecule has 1 rings (SSSR count). The monoisotopic (exact) mass is 298 g/mol. The summed E-state index contributed by atoms with van der Waals surface area (Å²) < 4.78 is 5.00. The summed E-state index contributed by atoms with van der Waals surface area (Å²) in [7, 11) is 3.41. The zero-order valence-electron chi connectivity index (χ0n) is 12.3. The molecule has 0 saturated heterocycles. The minimum absolute atomic E-state index is 0.0943. The Morgan fingerprint density at radius 1 is 1.48 bits per heavy atom. The fourth-order valence-electron chi connectivity index (χ4n) is 1.51. The summed E-state index contributed by atoms with van der Waals surface area (Å²) in [4.78, 5) is 21.5. The lowest BCUT2D eigenvalue weighted by atomic mass is 10.3. The van der Waals surface area contributed by atoms with Crippen molar-refractivity contribution < 1.29 is 14.6 Å². The number of primary amides is 1. The Labute approximate surface area is 123 Å². The van der Waals surface area contributed by atoms with Gasteiger partial charge in [-0.15, -0.1) is 0 Å². The van der Waals surface area contributed by atoms with E-state index in [-0.39, 0.29) is 12.4 Å². The van der Waals surface area contributed by atoms with Gasteiger partial charge in [-0.3, -0.25) is 10.1 Å². The third kappa shape index (κ3) is 5.90.